The molecule has 1 N–H and O–H groups in total. The van der Waals surface area contributed by atoms with Gasteiger partial charge in [-0.05, 0) is 50.2 Å². The quantitative estimate of drug-likeness (QED) is 0.881. The number of benzene rings is 2. The monoisotopic (exact) mass is 321 g/mol. The molecule has 1 amide bonds. The fourth-order valence-electron chi connectivity index (χ4n) is 1.86. The van der Waals surface area contributed by atoms with Crippen LogP contribution in [0.2, 0.25) is 0 Å². The van der Waals surface area contributed by atoms with Crippen molar-refractivity contribution in [3.8, 4) is 11.5 Å². The summed E-state index contributed by atoms with van der Waals surface area (Å²) in [5.74, 6) is -0.906. The van der Waals surface area contributed by atoms with Crippen molar-refractivity contribution in [1.29, 1.82) is 0 Å². The molecule has 0 aromatic heterocycles. The lowest BCUT2D eigenvalue weighted by Gasteiger charge is -2.15. The van der Waals surface area contributed by atoms with E-state index in [0.29, 0.717) is 24.2 Å². The molecule has 2 aromatic rings. The minimum absolute atomic E-state index is 0.0986. The van der Waals surface area contributed by atoms with Crippen LogP contribution in [0.5, 0.6) is 11.5 Å². The van der Waals surface area contributed by atoms with Gasteiger partial charge in [0.1, 0.15) is 23.1 Å². The summed E-state index contributed by atoms with van der Waals surface area (Å²) in [4.78, 5) is 12.0. The fraction of sp³-hybridized carbons (Fsp3) is 0.235. The number of hydrogen-bond acceptors (Lipinski definition) is 3. The Morgan fingerprint density at radius 3 is 2.39 bits per heavy atom. The van der Waals surface area contributed by atoms with E-state index < -0.39 is 23.6 Å². The number of carbonyl (C=O) groups excluding carboxylic acids is 1. The molecule has 6 heteroatoms. The maximum atomic E-state index is 13.5. The average molecular weight is 321 g/mol. The summed E-state index contributed by atoms with van der Waals surface area (Å²) in [5, 5.41) is 2.36. The number of ether oxygens (including phenoxy) is 2. The normalized spacial score (nSPS) is 11.7. The predicted octanol–water partition coefficient (Wildman–Crippen LogP) is 3.77. The van der Waals surface area contributed by atoms with E-state index in [4.69, 9.17) is 9.47 Å². The number of anilines is 1. The van der Waals surface area contributed by atoms with Crippen LogP contribution >= 0.6 is 0 Å². The van der Waals surface area contributed by atoms with Crippen LogP contribution in [0.1, 0.15) is 13.8 Å². The molecular weight excluding hydrogens is 304 g/mol. The van der Waals surface area contributed by atoms with Gasteiger partial charge in [0.05, 0.1) is 12.3 Å². The van der Waals surface area contributed by atoms with E-state index in [9.17, 15) is 13.6 Å². The largest absolute Gasteiger partial charge is 0.494 e. The first kappa shape index (κ1) is 16.7. The predicted molar refractivity (Wildman–Crippen MR) is 82.7 cm³/mol. The van der Waals surface area contributed by atoms with E-state index in [-0.39, 0.29) is 5.69 Å². The molecule has 0 fully saturated rings. The Bertz CT molecular complexity index is 674. The van der Waals surface area contributed by atoms with Crippen molar-refractivity contribution in [2.24, 2.45) is 0 Å². The van der Waals surface area contributed by atoms with Gasteiger partial charge in [-0.1, -0.05) is 0 Å². The first-order valence-electron chi connectivity index (χ1n) is 7.15. The van der Waals surface area contributed by atoms with Gasteiger partial charge in [-0.2, -0.15) is 0 Å². The Kier molecular flexibility index (Phi) is 5.51. The highest BCUT2D eigenvalue weighted by Gasteiger charge is 2.16. The molecule has 0 aliphatic heterocycles. The Hall–Kier alpha value is -2.63. The van der Waals surface area contributed by atoms with E-state index >= 15 is 0 Å². The summed E-state index contributed by atoms with van der Waals surface area (Å²) >= 11 is 0. The number of nitrogens with one attached hydrogen (secondary N) is 1. The summed E-state index contributed by atoms with van der Waals surface area (Å²) in [7, 11) is 0. The van der Waals surface area contributed by atoms with Crippen LogP contribution in [0, 0.1) is 11.6 Å². The standard InChI is InChI=1S/C17H17F2NO3/c1-3-22-13-5-7-14(8-6-13)23-11(2)17(21)20-16-9-4-12(18)10-15(16)19/h4-11H,3H2,1-2H3,(H,20,21). The molecule has 4 nitrogen and oxygen atoms in total. The van der Waals surface area contributed by atoms with E-state index in [2.05, 4.69) is 5.32 Å². The van der Waals surface area contributed by atoms with Crippen LogP contribution in [0.3, 0.4) is 0 Å². The molecule has 0 saturated heterocycles. The highest BCUT2D eigenvalue weighted by atomic mass is 19.1. The minimum atomic E-state index is -0.850. The van der Waals surface area contributed by atoms with Crippen molar-refractivity contribution >= 4 is 11.6 Å². The third-order valence-electron chi connectivity index (χ3n) is 3.01. The third-order valence-corrected chi connectivity index (χ3v) is 3.01. The molecule has 0 aliphatic rings. The summed E-state index contributed by atoms with van der Waals surface area (Å²) in [6.45, 7) is 3.97. The van der Waals surface area contributed by atoms with Gasteiger partial charge in [0.15, 0.2) is 6.10 Å². The second-order valence-electron chi connectivity index (χ2n) is 4.78. The van der Waals surface area contributed by atoms with Gasteiger partial charge >= 0.3 is 0 Å². The van der Waals surface area contributed by atoms with E-state index in [1.165, 1.54) is 6.92 Å². The summed E-state index contributed by atoms with van der Waals surface area (Å²) in [6.07, 6.45) is -0.850. The fourth-order valence-corrected chi connectivity index (χ4v) is 1.86. The van der Waals surface area contributed by atoms with Gasteiger partial charge in [-0.3, -0.25) is 4.79 Å². The van der Waals surface area contributed by atoms with Crippen LogP contribution < -0.4 is 14.8 Å². The van der Waals surface area contributed by atoms with Gasteiger partial charge in [-0.25, -0.2) is 8.78 Å². The summed E-state index contributed by atoms with van der Waals surface area (Å²) in [5.41, 5.74) is -0.0986. The Balaban J connectivity index is 1.96. The van der Waals surface area contributed by atoms with Gasteiger partial charge in [0, 0.05) is 6.07 Å². The molecule has 2 rings (SSSR count). The maximum Gasteiger partial charge on any atom is 0.265 e. The SMILES string of the molecule is CCOc1ccc(OC(C)C(=O)Nc2ccc(F)cc2F)cc1. The van der Waals surface area contributed by atoms with Crippen LogP contribution in [-0.4, -0.2) is 18.6 Å². The number of amides is 1. The first-order chi connectivity index (χ1) is 11.0. The van der Waals surface area contributed by atoms with Crippen molar-refractivity contribution in [2.75, 3.05) is 11.9 Å². The van der Waals surface area contributed by atoms with Crippen LogP contribution in [0.25, 0.3) is 0 Å². The number of hydrogen-bond donors (Lipinski definition) is 1. The second kappa shape index (κ2) is 7.58. The lowest BCUT2D eigenvalue weighted by atomic mass is 10.2. The zero-order valence-corrected chi connectivity index (χ0v) is 12.8. The zero-order valence-electron chi connectivity index (χ0n) is 12.8. The second-order valence-corrected chi connectivity index (χ2v) is 4.78. The van der Waals surface area contributed by atoms with Crippen molar-refractivity contribution < 1.29 is 23.0 Å². The number of rotatable bonds is 6. The van der Waals surface area contributed by atoms with Crippen molar-refractivity contribution in [3.05, 3.63) is 54.1 Å². The van der Waals surface area contributed by atoms with Gasteiger partial charge in [0.2, 0.25) is 0 Å². The van der Waals surface area contributed by atoms with Crippen LogP contribution in [-0.2, 0) is 4.79 Å². The highest BCUT2D eigenvalue weighted by Crippen LogP contribution is 2.20. The zero-order chi connectivity index (χ0) is 16.8. The highest BCUT2D eigenvalue weighted by molar-refractivity contribution is 5.94. The van der Waals surface area contributed by atoms with Crippen LogP contribution in [0.15, 0.2) is 42.5 Å². The van der Waals surface area contributed by atoms with E-state index in [1.807, 2.05) is 6.92 Å². The molecule has 23 heavy (non-hydrogen) atoms. The number of carbonyl (C=O) groups is 1. The lowest BCUT2D eigenvalue weighted by Crippen LogP contribution is -2.30. The van der Waals surface area contributed by atoms with Crippen LogP contribution in [0.4, 0.5) is 14.5 Å². The van der Waals surface area contributed by atoms with E-state index in [0.717, 1.165) is 12.1 Å². The van der Waals surface area contributed by atoms with Crippen molar-refractivity contribution in [1.82, 2.24) is 0 Å². The minimum Gasteiger partial charge on any atom is -0.494 e. The molecule has 1 unspecified atom stereocenters. The molecule has 0 radical (unpaired) electrons. The molecule has 0 aliphatic carbocycles. The lowest BCUT2D eigenvalue weighted by molar-refractivity contribution is -0.122. The molecule has 2 aromatic carbocycles. The van der Waals surface area contributed by atoms with E-state index in [1.54, 1.807) is 24.3 Å². The molecule has 1 atom stereocenters. The first-order valence-corrected chi connectivity index (χ1v) is 7.15. The molecule has 0 spiro atoms. The van der Waals surface area contributed by atoms with Gasteiger partial charge in [0.25, 0.3) is 5.91 Å². The Morgan fingerprint density at radius 2 is 1.78 bits per heavy atom. The molecular formula is C17H17F2NO3. The smallest absolute Gasteiger partial charge is 0.265 e. The van der Waals surface area contributed by atoms with Crippen molar-refractivity contribution in [3.63, 3.8) is 0 Å². The Labute approximate surface area is 133 Å². The molecule has 0 saturated carbocycles. The molecule has 0 bridgehead atoms. The van der Waals surface area contributed by atoms with Gasteiger partial charge < -0.3 is 14.8 Å². The molecule has 122 valence electrons. The average Bonchev–Trinajstić information content (AvgIpc) is 2.52. The third kappa shape index (κ3) is 4.67. The number of halogens is 2. The Morgan fingerprint density at radius 1 is 1.13 bits per heavy atom. The van der Waals surface area contributed by atoms with Crippen molar-refractivity contribution in [2.45, 2.75) is 20.0 Å². The maximum absolute atomic E-state index is 13.5. The summed E-state index contributed by atoms with van der Waals surface area (Å²) < 4.78 is 37.1. The molecule has 0 heterocycles. The summed E-state index contributed by atoms with van der Waals surface area (Å²) in [6, 6.07) is 9.73. The topological polar surface area (TPSA) is 47.6 Å². The van der Waals surface area contributed by atoms with Gasteiger partial charge in [-0.15, -0.1) is 0 Å².